The fourth-order valence-electron chi connectivity index (χ4n) is 1.34. The molecule has 2 N–H and O–H groups in total. The van der Waals surface area contributed by atoms with E-state index in [1.165, 1.54) is 0 Å². The average molecular weight is 326 g/mol. The van der Waals surface area contributed by atoms with Crippen LogP contribution in [0.2, 0.25) is 5.02 Å². The van der Waals surface area contributed by atoms with Gasteiger partial charge in [0.1, 0.15) is 11.5 Å². The Morgan fingerprint density at radius 2 is 2.05 bits per heavy atom. The van der Waals surface area contributed by atoms with E-state index in [-0.39, 0.29) is 18.2 Å². The van der Waals surface area contributed by atoms with Crippen molar-refractivity contribution in [2.75, 3.05) is 19.8 Å². The first-order valence-electron chi connectivity index (χ1n) is 5.54. The Morgan fingerprint density at radius 1 is 1.40 bits per heavy atom. The van der Waals surface area contributed by atoms with Gasteiger partial charge in [-0.1, -0.05) is 11.6 Å². The number of halogens is 2. The number of benzene rings is 1. The Morgan fingerprint density at radius 3 is 2.60 bits per heavy atom. The second kappa shape index (κ2) is 6.98. The van der Waals surface area contributed by atoms with Gasteiger partial charge in [-0.3, -0.25) is 0 Å². The number of rotatable bonds is 6. The van der Waals surface area contributed by atoms with E-state index in [1.807, 2.05) is 0 Å². The van der Waals surface area contributed by atoms with E-state index < -0.39 is 32.3 Å². The van der Waals surface area contributed by atoms with Gasteiger partial charge >= 0.3 is 5.97 Å². The van der Waals surface area contributed by atoms with Crippen LogP contribution in [0.1, 0.15) is 17.3 Å². The standard InChI is InChI=1S/C11H13ClFNO5S/c1-2-18-3-4-19-11(15)8-5-7(12)6-9(10(8)13)20(14,16)17/h5-6H,2-4H2,1H3,(H2,14,16,17). The van der Waals surface area contributed by atoms with E-state index in [4.69, 9.17) is 26.2 Å². The Labute approximate surface area is 120 Å². The van der Waals surface area contributed by atoms with Crippen molar-refractivity contribution in [3.05, 3.63) is 28.5 Å². The second-order valence-corrected chi connectivity index (χ2v) is 5.61. The lowest BCUT2D eigenvalue weighted by molar-refractivity contribution is 0.0330. The minimum atomic E-state index is -4.33. The zero-order valence-electron chi connectivity index (χ0n) is 10.6. The molecular formula is C11H13ClFNO5S. The summed E-state index contributed by atoms with van der Waals surface area (Å²) < 4.78 is 46.0. The summed E-state index contributed by atoms with van der Waals surface area (Å²) in [5.74, 6) is -2.34. The maximum absolute atomic E-state index is 13.9. The Bertz CT molecular complexity index is 605. The molecule has 0 aliphatic rings. The molecule has 0 saturated heterocycles. The fraction of sp³-hybridized carbons (Fsp3) is 0.364. The Balaban J connectivity index is 3.01. The van der Waals surface area contributed by atoms with Gasteiger partial charge < -0.3 is 9.47 Å². The van der Waals surface area contributed by atoms with Crippen LogP contribution in [0.15, 0.2) is 17.0 Å². The van der Waals surface area contributed by atoms with Crippen molar-refractivity contribution in [1.29, 1.82) is 0 Å². The third kappa shape index (κ3) is 4.41. The van der Waals surface area contributed by atoms with Crippen molar-refractivity contribution in [1.82, 2.24) is 0 Å². The van der Waals surface area contributed by atoms with Crippen LogP contribution in [-0.4, -0.2) is 34.2 Å². The fourth-order valence-corrected chi connectivity index (χ4v) is 2.27. The van der Waals surface area contributed by atoms with E-state index in [1.54, 1.807) is 6.92 Å². The van der Waals surface area contributed by atoms with E-state index >= 15 is 0 Å². The molecule has 0 saturated carbocycles. The van der Waals surface area contributed by atoms with Gasteiger partial charge in [0.05, 0.1) is 12.2 Å². The van der Waals surface area contributed by atoms with Crippen LogP contribution < -0.4 is 5.14 Å². The molecule has 0 radical (unpaired) electrons. The lowest BCUT2D eigenvalue weighted by Gasteiger charge is -2.08. The minimum absolute atomic E-state index is 0.0939. The van der Waals surface area contributed by atoms with Crippen LogP contribution in [0.4, 0.5) is 4.39 Å². The number of carbonyl (C=O) groups is 1. The normalized spacial score (nSPS) is 11.4. The molecule has 1 rings (SSSR count). The highest BCUT2D eigenvalue weighted by Gasteiger charge is 2.23. The molecule has 0 spiro atoms. The predicted molar refractivity (Wildman–Crippen MR) is 69.6 cm³/mol. The van der Waals surface area contributed by atoms with Crippen molar-refractivity contribution in [3.63, 3.8) is 0 Å². The molecule has 0 heterocycles. The first kappa shape index (κ1) is 16.8. The van der Waals surface area contributed by atoms with E-state index in [2.05, 4.69) is 0 Å². The van der Waals surface area contributed by atoms with Crippen LogP contribution in [0.3, 0.4) is 0 Å². The summed E-state index contributed by atoms with van der Waals surface area (Å²) in [5, 5.41) is 4.69. The van der Waals surface area contributed by atoms with Crippen LogP contribution in [0.25, 0.3) is 0 Å². The van der Waals surface area contributed by atoms with Gasteiger partial charge in [0.2, 0.25) is 10.0 Å². The number of hydrogen-bond donors (Lipinski definition) is 1. The van der Waals surface area contributed by atoms with Gasteiger partial charge in [0.25, 0.3) is 0 Å². The van der Waals surface area contributed by atoms with Crippen LogP contribution in [0.5, 0.6) is 0 Å². The second-order valence-electron chi connectivity index (χ2n) is 3.64. The van der Waals surface area contributed by atoms with Crippen molar-refractivity contribution >= 4 is 27.6 Å². The Hall–Kier alpha value is -1.22. The molecule has 1 aromatic rings. The molecule has 0 fully saturated rings. The lowest BCUT2D eigenvalue weighted by atomic mass is 10.2. The topological polar surface area (TPSA) is 95.7 Å². The molecule has 0 aliphatic heterocycles. The SMILES string of the molecule is CCOCCOC(=O)c1cc(Cl)cc(S(N)(=O)=O)c1F. The molecule has 112 valence electrons. The first-order chi connectivity index (χ1) is 9.27. The molecule has 0 atom stereocenters. The lowest BCUT2D eigenvalue weighted by Crippen LogP contribution is -2.18. The summed E-state index contributed by atoms with van der Waals surface area (Å²) in [6, 6.07) is 1.79. The monoisotopic (exact) mass is 325 g/mol. The maximum atomic E-state index is 13.9. The number of primary sulfonamides is 1. The first-order valence-corrected chi connectivity index (χ1v) is 7.46. The van der Waals surface area contributed by atoms with Gasteiger partial charge in [-0.05, 0) is 19.1 Å². The molecular weight excluding hydrogens is 313 g/mol. The molecule has 0 amide bonds. The Kier molecular flexibility index (Phi) is 5.88. The summed E-state index contributed by atoms with van der Waals surface area (Å²) >= 11 is 5.64. The number of sulfonamides is 1. The zero-order valence-corrected chi connectivity index (χ0v) is 12.1. The zero-order chi connectivity index (χ0) is 15.3. The van der Waals surface area contributed by atoms with Gasteiger partial charge in [-0.2, -0.15) is 0 Å². The van der Waals surface area contributed by atoms with Crippen molar-refractivity contribution in [2.24, 2.45) is 5.14 Å². The summed E-state index contributed by atoms with van der Waals surface area (Å²) in [4.78, 5) is 10.8. The van der Waals surface area contributed by atoms with E-state index in [0.29, 0.717) is 6.61 Å². The number of carbonyl (C=O) groups excluding carboxylic acids is 1. The minimum Gasteiger partial charge on any atom is -0.460 e. The molecule has 0 aliphatic carbocycles. The molecule has 0 bridgehead atoms. The molecule has 9 heteroatoms. The third-order valence-corrected chi connectivity index (χ3v) is 3.32. The largest absolute Gasteiger partial charge is 0.460 e. The third-order valence-electron chi connectivity index (χ3n) is 2.20. The number of hydrogen-bond acceptors (Lipinski definition) is 5. The molecule has 0 aromatic heterocycles. The van der Waals surface area contributed by atoms with Gasteiger partial charge in [-0.15, -0.1) is 0 Å². The maximum Gasteiger partial charge on any atom is 0.341 e. The number of esters is 1. The summed E-state index contributed by atoms with van der Waals surface area (Å²) in [6.07, 6.45) is 0. The van der Waals surface area contributed by atoms with Crippen LogP contribution >= 0.6 is 11.6 Å². The number of nitrogens with two attached hydrogens (primary N) is 1. The summed E-state index contributed by atoms with van der Waals surface area (Å²) in [7, 11) is -4.33. The molecule has 6 nitrogen and oxygen atoms in total. The van der Waals surface area contributed by atoms with Gasteiger partial charge in [0.15, 0.2) is 5.82 Å². The van der Waals surface area contributed by atoms with Crippen molar-refractivity contribution in [2.45, 2.75) is 11.8 Å². The highest BCUT2D eigenvalue weighted by Crippen LogP contribution is 2.23. The average Bonchev–Trinajstić information content (AvgIpc) is 2.35. The highest BCUT2D eigenvalue weighted by atomic mass is 35.5. The van der Waals surface area contributed by atoms with Crippen molar-refractivity contribution < 1.29 is 27.1 Å². The highest BCUT2D eigenvalue weighted by molar-refractivity contribution is 7.89. The number of ether oxygens (including phenoxy) is 2. The van der Waals surface area contributed by atoms with Gasteiger partial charge in [0, 0.05) is 11.6 Å². The van der Waals surface area contributed by atoms with E-state index in [0.717, 1.165) is 12.1 Å². The predicted octanol–water partition coefficient (Wildman–Crippen LogP) is 1.32. The van der Waals surface area contributed by atoms with Crippen molar-refractivity contribution in [3.8, 4) is 0 Å². The summed E-state index contributed by atoms with van der Waals surface area (Å²) in [6.45, 7) is 2.26. The molecule has 1 aromatic carbocycles. The molecule has 20 heavy (non-hydrogen) atoms. The smallest absolute Gasteiger partial charge is 0.341 e. The molecule has 0 unspecified atom stereocenters. The van der Waals surface area contributed by atoms with Crippen LogP contribution in [0, 0.1) is 5.82 Å². The quantitative estimate of drug-likeness (QED) is 0.628. The van der Waals surface area contributed by atoms with Crippen LogP contribution in [-0.2, 0) is 19.5 Å². The van der Waals surface area contributed by atoms with Gasteiger partial charge in [-0.25, -0.2) is 22.7 Å². The van der Waals surface area contributed by atoms with E-state index in [9.17, 15) is 17.6 Å². The summed E-state index contributed by atoms with van der Waals surface area (Å²) in [5.41, 5.74) is -0.599.